The van der Waals surface area contributed by atoms with Gasteiger partial charge in [-0.1, -0.05) is 38.7 Å². The summed E-state index contributed by atoms with van der Waals surface area (Å²) in [5.41, 5.74) is 0.546. The number of carbonyl (C=O) groups excluding carboxylic acids is 1. The molecule has 2 aliphatic rings. The molecular formula is C22H30F6N2O2. The van der Waals surface area contributed by atoms with Crippen molar-refractivity contribution in [1.82, 2.24) is 9.80 Å². The number of alkyl halides is 6. The minimum absolute atomic E-state index is 0.0760. The van der Waals surface area contributed by atoms with Gasteiger partial charge >= 0.3 is 18.4 Å². The van der Waals surface area contributed by atoms with Crippen molar-refractivity contribution in [3.63, 3.8) is 0 Å². The number of nitrogens with zero attached hydrogens (tertiary/aromatic N) is 2. The second-order valence-corrected chi connectivity index (χ2v) is 9.24. The van der Waals surface area contributed by atoms with Crippen LogP contribution in [0.15, 0.2) is 37.0 Å². The van der Waals surface area contributed by atoms with Gasteiger partial charge in [0.05, 0.1) is 0 Å². The number of amides is 1. The fourth-order valence-electron chi connectivity index (χ4n) is 4.14. The number of ether oxygens (including phenoxy) is 1. The van der Waals surface area contributed by atoms with E-state index in [2.05, 4.69) is 28.9 Å². The van der Waals surface area contributed by atoms with Gasteiger partial charge in [-0.15, -0.1) is 6.58 Å². The number of rotatable bonds is 6. The summed E-state index contributed by atoms with van der Waals surface area (Å²) in [4.78, 5) is 15.2. The molecule has 1 spiro atoms. The van der Waals surface area contributed by atoms with Crippen molar-refractivity contribution in [1.29, 1.82) is 0 Å². The molecule has 4 nitrogen and oxygen atoms in total. The van der Waals surface area contributed by atoms with Gasteiger partial charge in [-0.25, -0.2) is 4.79 Å². The van der Waals surface area contributed by atoms with Crippen LogP contribution in [0.1, 0.15) is 33.1 Å². The van der Waals surface area contributed by atoms with Crippen molar-refractivity contribution in [2.75, 3.05) is 32.7 Å². The summed E-state index contributed by atoms with van der Waals surface area (Å²) >= 11 is 0. The Labute approximate surface area is 184 Å². The average Bonchev–Trinajstić information content (AvgIpc) is 3.09. The summed E-state index contributed by atoms with van der Waals surface area (Å²) in [5, 5.41) is 0. The molecule has 0 aromatic heterocycles. The maximum absolute atomic E-state index is 12.7. The van der Waals surface area contributed by atoms with Crippen molar-refractivity contribution in [2.24, 2.45) is 10.8 Å². The van der Waals surface area contributed by atoms with Crippen LogP contribution >= 0.6 is 0 Å². The summed E-state index contributed by atoms with van der Waals surface area (Å²) in [6, 6.07) is 0. The highest BCUT2D eigenvalue weighted by molar-refractivity contribution is 5.68. The maximum atomic E-state index is 12.7. The molecule has 2 heterocycles. The second-order valence-electron chi connectivity index (χ2n) is 9.24. The molecule has 2 saturated heterocycles. The Morgan fingerprint density at radius 3 is 2.03 bits per heavy atom. The van der Waals surface area contributed by atoms with Gasteiger partial charge in [-0.2, -0.15) is 26.3 Å². The van der Waals surface area contributed by atoms with Gasteiger partial charge in [0.25, 0.3) is 6.10 Å². The number of likely N-dealkylation sites (tertiary alicyclic amines) is 2. The van der Waals surface area contributed by atoms with Crippen molar-refractivity contribution < 1.29 is 35.9 Å². The van der Waals surface area contributed by atoms with Gasteiger partial charge in [0.15, 0.2) is 0 Å². The van der Waals surface area contributed by atoms with Crippen LogP contribution in [0.25, 0.3) is 0 Å². The van der Waals surface area contributed by atoms with Crippen molar-refractivity contribution in [3.8, 4) is 0 Å². The third kappa shape index (κ3) is 6.76. The highest BCUT2D eigenvalue weighted by Gasteiger charge is 2.60. The largest absolute Gasteiger partial charge is 0.434 e. The number of hydrogen-bond donors (Lipinski definition) is 0. The minimum atomic E-state index is -5.72. The smallest absolute Gasteiger partial charge is 0.426 e. The first kappa shape index (κ1) is 26.3. The van der Waals surface area contributed by atoms with E-state index >= 15 is 0 Å². The second kappa shape index (κ2) is 9.49. The molecule has 32 heavy (non-hydrogen) atoms. The van der Waals surface area contributed by atoms with Crippen LogP contribution in [0.4, 0.5) is 31.1 Å². The van der Waals surface area contributed by atoms with Crippen molar-refractivity contribution in [3.05, 3.63) is 37.0 Å². The van der Waals surface area contributed by atoms with Gasteiger partial charge < -0.3 is 9.64 Å². The standard InChI is InChI=1S/C22H30F6N2O2/c1-5-16(13-19(3,4)6-2)14-29-10-7-20(8-11-29)9-12-30(15-20)18(31)32-17(21(23,24)25)22(26,27)28/h5-6,13,17H,1-2,7-12,14-15H2,3-4H3/b16-13+. The first-order valence-corrected chi connectivity index (χ1v) is 10.4. The Hall–Kier alpha value is -1.97. The van der Waals surface area contributed by atoms with Gasteiger partial charge in [-0.3, -0.25) is 4.90 Å². The zero-order valence-corrected chi connectivity index (χ0v) is 18.4. The molecule has 1 amide bonds. The van der Waals surface area contributed by atoms with E-state index in [0.29, 0.717) is 38.9 Å². The van der Waals surface area contributed by atoms with E-state index in [0.717, 1.165) is 10.5 Å². The summed E-state index contributed by atoms with van der Waals surface area (Å²) in [7, 11) is 0. The molecule has 0 unspecified atom stereocenters. The first-order valence-electron chi connectivity index (χ1n) is 10.4. The summed E-state index contributed by atoms with van der Waals surface area (Å²) in [6.07, 6.45) is -9.51. The average molecular weight is 468 g/mol. The third-order valence-corrected chi connectivity index (χ3v) is 6.18. The van der Waals surface area contributed by atoms with Crippen LogP contribution in [-0.4, -0.2) is 67.1 Å². The van der Waals surface area contributed by atoms with Crippen LogP contribution in [0.3, 0.4) is 0 Å². The van der Waals surface area contributed by atoms with Crippen molar-refractivity contribution in [2.45, 2.75) is 51.6 Å². The molecule has 0 N–H and O–H groups in total. The zero-order chi connectivity index (χ0) is 24.4. The first-order chi connectivity index (χ1) is 14.6. The topological polar surface area (TPSA) is 32.8 Å². The van der Waals surface area contributed by atoms with E-state index in [-0.39, 0.29) is 23.9 Å². The fourth-order valence-corrected chi connectivity index (χ4v) is 4.14. The Morgan fingerprint density at radius 2 is 1.56 bits per heavy atom. The SMILES string of the molecule is C=C/C(=C\C(C)(C)C=C)CN1CCC2(CC1)CCN(C(=O)OC(C(F)(F)F)C(F)(F)F)C2. The van der Waals surface area contributed by atoms with Gasteiger partial charge in [0.2, 0.25) is 0 Å². The van der Waals surface area contributed by atoms with Crippen LogP contribution in [0.2, 0.25) is 0 Å². The van der Waals surface area contributed by atoms with Crippen LogP contribution in [0, 0.1) is 10.8 Å². The molecule has 0 radical (unpaired) electrons. The lowest BCUT2D eigenvalue weighted by Gasteiger charge is -2.39. The Bertz CT molecular complexity index is 720. The van der Waals surface area contributed by atoms with Crippen LogP contribution < -0.4 is 0 Å². The Kier molecular flexibility index (Phi) is 7.79. The number of carbonyl (C=O) groups is 1. The lowest BCUT2D eigenvalue weighted by atomic mass is 9.77. The summed E-state index contributed by atoms with van der Waals surface area (Å²) in [6.45, 7) is 14.0. The van der Waals surface area contributed by atoms with E-state index in [1.165, 1.54) is 0 Å². The molecule has 0 bridgehead atoms. The van der Waals surface area contributed by atoms with Gasteiger partial charge in [-0.05, 0) is 43.3 Å². The van der Waals surface area contributed by atoms with Crippen LogP contribution in [-0.2, 0) is 4.74 Å². The minimum Gasteiger partial charge on any atom is -0.426 e. The summed E-state index contributed by atoms with van der Waals surface area (Å²) < 4.78 is 79.9. The molecular weight excluding hydrogens is 438 g/mol. The number of allylic oxidation sites excluding steroid dienone is 2. The predicted octanol–water partition coefficient (Wildman–Crippen LogP) is 5.73. The Balaban J connectivity index is 1.94. The molecule has 10 heteroatoms. The van der Waals surface area contributed by atoms with E-state index < -0.39 is 24.5 Å². The third-order valence-electron chi connectivity index (χ3n) is 6.18. The normalized spacial score (nSPS) is 20.7. The van der Waals surface area contributed by atoms with E-state index in [4.69, 9.17) is 0 Å². The molecule has 2 fully saturated rings. The van der Waals surface area contributed by atoms with E-state index in [1.54, 1.807) is 6.08 Å². The molecule has 2 rings (SSSR count). The monoisotopic (exact) mass is 468 g/mol. The van der Waals surface area contributed by atoms with Gasteiger partial charge in [0.1, 0.15) is 0 Å². The molecule has 0 aliphatic carbocycles. The number of hydrogen-bond acceptors (Lipinski definition) is 3. The molecule has 0 atom stereocenters. The van der Waals surface area contributed by atoms with Gasteiger partial charge in [0, 0.05) is 25.0 Å². The fraction of sp³-hybridized carbons (Fsp3) is 0.682. The van der Waals surface area contributed by atoms with E-state index in [9.17, 15) is 31.1 Å². The maximum Gasteiger partial charge on any atom is 0.434 e. The molecule has 0 saturated carbocycles. The van der Waals surface area contributed by atoms with Crippen LogP contribution in [0.5, 0.6) is 0 Å². The number of halogens is 6. The lowest BCUT2D eigenvalue weighted by Crippen LogP contribution is -2.48. The summed E-state index contributed by atoms with van der Waals surface area (Å²) in [5.74, 6) is 0. The molecule has 182 valence electrons. The molecule has 0 aromatic rings. The Morgan fingerprint density at radius 1 is 1.03 bits per heavy atom. The molecule has 0 aromatic carbocycles. The number of piperidine rings is 1. The quantitative estimate of drug-likeness (QED) is 0.284. The highest BCUT2D eigenvalue weighted by atomic mass is 19.4. The lowest BCUT2D eigenvalue weighted by molar-refractivity contribution is -0.308. The predicted molar refractivity (Wildman–Crippen MR) is 109 cm³/mol. The van der Waals surface area contributed by atoms with E-state index in [1.807, 2.05) is 19.9 Å². The highest BCUT2D eigenvalue weighted by Crippen LogP contribution is 2.42. The van der Waals surface area contributed by atoms with Crippen molar-refractivity contribution >= 4 is 6.09 Å². The zero-order valence-electron chi connectivity index (χ0n) is 18.4. The molecule has 2 aliphatic heterocycles.